The Morgan fingerprint density at radius 1 is 0.930 bits per heavy atom. The fraction of sp³-hybridized carbons (Fsp3) is 0.414. The van der Waals surface area contributed by atoms with Crippen molar-refractivity contribution >= 4 is 11.9 Å². The lowest BCUT2D eigenvalue weighted by molar-refractivity contribution is -0.274. The highest BCUT2D eigenvalue weighted by Crippen LogP contribution is 2.44. The van der Waals surface area contributed by atoms with E-state index < -0.39 is 35.9 Å². The minimum Gasteiger partial charge on any atom is -0.497 e. The van der Waals surface area contributed by atoms with E-state index in [0.29, 0.717) is 41.9 Å². The Morgan fingerprint density at radius 2 is 1.67 bits per heavy atom. The van der Waals surface area contributed by atoms with E-state index in [1.54, 1.807) is 21.9 Å². The molecule has 8 nitrogen and oxygen atoms in total. The molecule has 0 saturated carbocycles. The number of ether oxygens (including phenoxy) is 3. The molecule has 230 valence electrons. The van der Waals surface area contributed by atoms with Crippen molar-refractivity contribution in [2.75, 3.05) is 38.8 Å². The number of piperidine rings is 1. The third-order valence-corrected chi connectivity index (χ3v) is 7.61. The molecule has 1 aromatic heterocycles. The molecule has 43 heavy (non-hydrogen) atoms. The summed E-state index contributed by atoms with van der Waals surface area (Å²) in [7, 11) is 2.97. The van der Waals surface area contributed by atoms with Crippen molar-refractivity contribution in [3.05, 3.63) is 71.0 Å². The average Bonchev–Trinajstić information content (AvgIpc) is 2.98. The van der Waals surface area contributed by atoms with Crippen LogP contribution in [0.2, 0.25) is 0 Å². The molecule has 2 aliphatic heterocycles. The van der Waals surface area contributed by atoms with Gasteiger partial charge in [-0.1, -0.05) is 12.1 Å². The lowest BCUT2D eigenvalue weighted by Gasteiger charge is -2.41. The number of hydrogen-bond acceptors (Lipinski definition) is 7. The molecule has 0 aliphatic carbocycles. The first-order valence-electron chi connectivity index (χ1n) is 13.4. The molecular formula is C29H28F6N4O4. The van der Waals surface area contributed by atoms with Gasteiger partial charge in [0, 0.05) is 43.4 Å². The summed E-state index contributed by atoms with van der Waals surface area (Å²) in [4.78, 5) is 24.9. The maximum atomic E-state index is 14.1. The molecule has 3 heterocycles. The number of benzene rings is 2. The van der Waals surface area contributed by atoms with E-state index in [-0.39, 0.29) is 31.5 Å². The fourth-order valence-electron chi connectivity index (χ4n) is 5.67. The number of methoxy groups -OCH3 is 2. The van der Waals surface area contributed by atoms with E-state index in [9.17, 15) is 31.1 Å². The number of hydrogen-bond donors (Lipinski definition) is 0. The number of halogens is 6. The molecule has 1 unspecified atom stereocenters. The van der Waals surface area contributed by atoms with Gasteiger partial charge >= 0.3 is 12.5 Å². The van der Waals surface area contributed by atoms with Crippen LogP contribution in [0.5, 0.6) is 17.2 Å². The van der Waals surface area contributed by atoms with Crippen LogP contribution in [0, 0.1) is 5.92 Å². The Balaban J connectivity index is 1.44. The maximum Gasteiger partial charge on any atom is 0.573 e. The first kappa shape index (κ1) is 30.2. The molecular weight excluding hydrogens is 582 g/mol. The van der Waals surface area contributed by atoms with Gasteiger partial charge < -0.3 is 24.0 Å². The molecule has 0 spiro atoms. The summed E-state index contributed by atoms with van der Waals surface area (Å²) < 4.78 is 93.8. The molecule has 2 aliphatic rings. The molecule has 0 bridgehead atoms. The highest BCUT2D eigenvalue weighted by Gasteiger charge is 2.40. The van der Waals surface area contributed by atoms with Crippen LogP contribution in [-0.4, -0.2) is 61.0 Å². The summed E-state index contributed by atoms with van der Waals surface area (Å²) in [6.45, 7) is 0.776. The van der Waals surface area contributed by atoms with E-state index in [1.807, 2.05) is 6.07 Å². The second-order valence-electron chi connectivity index (χ2n) is 10.2. The zero-order valence-corrected chi connectivity index (χ0v) is 23.2. The highest BCUT2D eigenvalue weighted by molar-refractivity contribution is 5.81. The molecule has 1 saturated heterocycles. The third-order valence-electron chi connectivity index (χ3n) is 7.61. The van der Waals surface area contributed by atoms with Gasteiger partial charge in [-0.2, -0.15) is 13.2 Å². The van der Waals surface area contributed by atoms with Crippen LogP contribution in [0.25, 0.3) is 0 Å². The summed E-state index contributed by atoms with van der Waals surface area (Å²) in [6.07, 6.45) is -7.37. The van der Waals surface area contributed by atoms with E-state index in [1.165, 1.54) is 32.4 Å². The summed E-state index contributed by atoms with van der Waals surface area (Å²) >= 11 is 0. The number of fused-ring (bicyclic) bond motifs is 1. The molecule has 0 N–H and O–H groups in total. The van der Waals surface area contributed by atoms with Crippen LogP contribution in [0.3, 0.4) is 0 Å². The highest BCUT2D eigenvalue weighted by atomic mass is 19.4. The molecule has 5 rings (SSSR count). The predicted octanol–water partition coefficient (Wildman–Crippen LogP) is 5.80. The van der Waals surface area contributed by atoms with Gasteiger partial charge in [-0.15, -0.1) is 13.2 Å². The van der Waals surface area contributed by atoms with Gasteiger partial charge in [0.05, 0.1) is 20.3 Å². The Bertz CT molecular complexity index is 1460. The number of nitrogens with zero attached hydrogens (tertiary/aromatic N) is 4. The van der Waals surface area contributed by atoms with Crippen molar-refractivity contribution in [2.45, 2.75) is 37.8 Å². The van der Waals surface area contributed by atoms with Gasteiger partial charge in [0.25, 0.3) is 0 Å². The smallest absolute Gasteiger partial charge is 0.497 e. The molecule has 3 aromatic rings. The minimum atomic E-state index is -4.90. The van der Waals surface area contributed by atoms with Crippen LogP contribution >= 0.6 is 0 Å². The fourth-order valence-corrected chi connectivity index (χ4v) is 5.67. The number of alkyl halides is 6. The van der Waals surface area contributed by atoms with Gasteiger partial charge in [-0.25, -0.2) is 9.97 Å². The lowest BCUT2D eigenvalue weighted by Crippen LogP contribution is -2.47. The Kier molecular flexibility index (Phi) is 8.30. The first-order valence-corrected chi connectivity index (χ1v) is 13.4. The molecule has 1 fully saturated rings. The molecule has 0 radical (unpaired) electrons. The van der Waals surface area contributed by atoms with Crippen LogP contribution in [0.15, 0.2) is 48.7 Å². The Morgan fingerprint density at radius 3 is 2.33 bits per heavy atom. The summed E-state index contributed by atoms with van der Waals surface area (Å²) in [6, 6.07) is 8.97. The maximum absolute atomic E-state index is 14.1. The van der Waals surface area contributed by atoms with Crippen molar-refractivity contribution in [1.29, 1.82) is 0 Å². The molecule has 14 heteroatoms. The normalized spacial score (nSPS) is 17.8. The largest absolute Gasteiger partial charge is 0.573 e. The van der Waals surface area contributed by atoms with Crippen molar-refractivity contribution in [2.24, 2.45) is 5.92 Å². The van der Waals surface area contributed by atoms with Gasteiger partial charge in [-0.05, 0) is 54.7 Å². The predicted molar refractivity (Wildman–Crippen MR) is 142 cm³/mol. The van der Waals surface area contributed by atoms with E-state index >= 15 is 0 Å². The first-order chi connectivity index (χ1) is 20.4. The number of carbonyl (C=O) groups excluding carboxylic acids is 1. The summed E-state index contributed by atoms with van der Waals surface area (Å²) in [5.41, 5.74) is 0.799. The monoisotopic (exact) mass is 610 g/mol. The van der Waals surface area contributed by atoms with Gasteiger partial charge in [0.15, 0.2) is 0 Å². The number of aromatic nitrogens is 2. The average molecular weight is 611 g/mol. The second kappa shape index (κ2) is 11.8. The number of amides is 1. The van der Waals surface area contributed by atoms with E-state index in [4.69, 9.17) is 9.47 Å². The zero-order valence-electron chi connectivity index (χ0n) is 23.2. The summed E-state index contributed by atoms with van der Waals surface area (Å²) in [5.74, 6) is -0.245. The Labute approximate surface area is 243 Å². The quantitative estimate of drug-likeness (QED) is 0.327. The third kappa shape index (κ3) is 6.57. The van der Waals surface area contributed by atoms with Gasteiger partial charge in [-0.3, -0.25) is 4.79 Å². The zero-order chi connectivity index (χ0) is 30.9. The van der Waals surface area contributed by atoms with Crippen LogP contribution in [0.1, 0.15) is 41.3 Å². The van der Waals surface area contributed by atoms with E-state index in [2.05, 4.69) is 14.7 Å². The minimum absolute atomic E-state index is 0.0642. The van der Waals surface area contributed by atoms with E-state index in [0.717, 1.165) is 17.8 Å². The topological polar surface area (TPSA) is 77.0 Å². The van der Waals surface area contributed by atoms with Crippen LogP contribution in [0.4, 0.5) is 32.3 Å². The number of carbonyl (C=O) groups is 1. The van der Waals surface area contributed by atoms with Crippen molar-refractivity contribution in [3.63, 3.8) is 0 Å². The Hall–Kier alpha value is -4.23. The molecule has 1 atom stereocenters. The standard InChI is InChI=1S/C29H28F6N4O4/c1-41-21-14-18-9-13-39(25(24(18)22(16-21)42-2)19-4-3-5-20(15-19)43-29(33,34)35)26(40)17-7-11-38(12-8-17)27-36-10-6-23(37-27)28(30,31)32/h3-6,10,14-17,25H,7-9,11-13H2,1-2H3. The summed E-state index contributed by atoms with van der Waals surface area (Å²) in [5, 5.41) is 0. The number of anilines is 1. The second-order valence-corrected chi connectivity index (χ2v) is 10.2. The molecule has 2 aromatic carbocycles. The van der Waals surface area contributed by atoms with Crippen LogP contribution < -0.4 is 19.1 Å². The molecule has 1 amide bonds. The lowest BCUT2D eigenvalue weighted by atomic mass is 9.85. The van der Waals surface area contributed by atoms with Crippen LogP contribution in [-0.2, 0) is 17.4 Å². The van der Waals surface area contributed by atoms with Crippen molar-refractivity contribution < 1.29 is 45.3 Å². The van der Waals surface area contributed by atoms with Crippen molar-refractivity contribution in [3.8, 4) is 17.2 Å². The van der Waals surface area contributed by atoms with Crippen molar-refractivity contribution in [1.82, 2.24) is 14.9 Å². The van der Waals surface area contributed by atoms with Gasteiger partial charge in [0.1, 0.15) is 22.9 Å². The number of rotatable bonds is 6. The SMILES string of the molecule is COc1cc2c(c(OC)c1)C(c1cccc(OC(F)(F)F)c1)N(C(=O)C1CCN(c3nccc(C(F)(F)F)n3)CC1)CC2. The van der Waals surface area contributed by atoms with Gasteiger partial charge in [0.2, 0.25) is 11.9 Å².